The SMILES string of the molecule is CC(N)c1ccccc1-c1ccns1. The zero-order valence-electron chi connectivity index (χ0n) is 7.97. The molecule has 0 bridgehead atoms. The molecule has 2 aromatic rings. The van der Waals surface area contributed by atoms with Gasteiger partial charge in [0.25, 0.3) is 0 Å². The molecule has 1 aromatic heterocycles. The predicted molar refractivity (Wildman–Crippen MR) is 60.2 cm³/mol. The van der Waals surface area contributed by atoms with Gasteiger partial charge in [0.1, 0.15) is 0 Å². The van der Waals surface area contributed by atoms with Crippen molar-refractivity contribution >= 4 is 11.5 Å². The molecule has 0 aliphatic rings. The fraction of sp³-hybridized carbons (Fsp3) is 0.182. The molecule has 2 nitrogen and oxygen atoms in total. The largest absolute Gasteiger partial charge is 0.324 e. The molecular formula is C11H12N2S. The van der Waals surface area contributed by atoms with Crippen LogP contribution >= 0.6 is 11.5 Å². The molecule has 0 amide bonds. The van der Waals surface area contributed by atoms with Crippen molar-refractivity contribution in [2.24, 2.45) is 5.73 Å². The van der Waals surface area contributed by atoms with Crippen LogP contribution in [-0.4, -0.2) is 4.37 Å². The van der Waals surface area contributed by atoms with Gasteiger partial charge in [-0.05, 0) is 35.6 Å². The van der Waals surface area contributed by atoms with Gasteiger partial charge in [-0.3, -0.25) is 0 Å². The monoisotopic (exact) mass is 204 g/mol. The molecule has 0 saturated carbocycles. The first kappa shape index (κ1) is 9.37. The molecule has 2 N–H and O–H groups in total. The van der Waals surface area contributed by atoms with Crippen LogP contribution in [0.3, 0.4) is 0 Å². The number of nitrogens with zero attached hydrogens (tertiary/aromatic N) is 1. The Bertz CT molecular complexity index is 407. The van der Waals surface area contributed by atoms with Gasteiger partial charge in [0, 0.05) is 12.2 Å². The fourth-order valence-corrected chi connectivity index (χ4v) is 2.11. The molecule has 14 heavy (non-hydrogen) atoms. The highest BCUT2D eigenvalue weighted by Crippen LogP contribution is 2.29. The van der Waals surface area contributed by atoms with Crippen LogP contribution in [0.5, 0.6) is 0 Å². The van der Waals surface area contributed by atoms with Crippen molar-refractivity contribution in [2.45, 2.75) is 13.0 Å². The van der Waals surface area contributed by atoms with E-state index in [1.165, 1.54) is 27.5 Å². The number of aromatic nitrogens is 1. The highest BCUT2D eigenvalue weighted by Gasteiger charge is 2.08. The van der Waals surface area contributed by atoms with Crippen LogP contribution in [0.15, 0.2) is 36.5 Å². The van der Waals surface area contributed by atoms with Crippen molar-refractivity contribution in [1.29, 1.82) is 0 Å². The quantitative estimate of drug-likeness (QED) is 0.817. The van der Waals surface area contributed by atoms with Crippen molar-refractivity contribution < 1.29 is 0 Å². The van der Waals surface area contributed by atoms with E-state index in [0.717, 1.165) is 0 Å². The van der Waals surface area contributed by atoms with E-state index in [1.54, 1.807) is 0 Å². The molecule has 0 fully saturated rings. The predicted octanol–water partition coefficient (Wildman–Crippen LogP) is 2.83. The Balaban J connectivity index is 2.53. The zero-order valence-corrected chi connectivity index (χ0v) is 8.79. The number of rotatable bonds is 2. The van der Waals surface area contributed by atoms with Crippen molar-refractivity contribution in [3.63, 3.8) is 0 Å². The van der Waals surface area contributed by atoms with Crippen LogP contribution in [0, 0.1) is 0 Å². The number of hydrogen-bond acceptors (Lipinski definition) is 3. The Morgan fingerprint density at radius 3 is 2.71 bits per heavy atom. The molecule has 72 valence electrons. The number of hydrogen-bond donors (Lipinski definition) is 1. The highest BCUT2D eigenvalue weighted by molar-refractivity contribution is 7.09. The molecule has 1 heterocycles. The molecule has 0 aliphatic carbocycles. The second kappa shape index (κ2) is 3.90. The molecular weight excluding hydrogens is 192 g/mol. The van der Waals surface area contributed by atoms with Crippen LogP contribution in [-0.2, 0) is 0 Å². The Kier molecular flexibility index (Phi) is 2.61. The Morgan fingerprint density at radius 1 is 1.29 bits per heavy atom. The number of benzene rings is 1. The van der Waals surface area contributed by atoms with E-state index in [9.17, 15) is 0 Å². The van der Waals surface area contributed by atoms with Gasteiger partial charge in [0.2, 0.25) is 0 Å². The van der Waals surface area contributed by atoms with E-state index in [2.05, 4.69) is 16.5 Å². The molecule has 1 atom stereocenters. The fourth-order valence-electron chi connectivity index (χ4n) is 1.47. The first-order valence-electron chi connectivity index (χ1n) is 4.54. The molecule has 0 saturated heterocycles. The van der Waals surface area contributed by atoms with E-state index in [4.69, 9.17) is 5.73 Å². The van der Waals surface area contributed by atoms with Gasteiger partial charge < -0.3 is 5.73 Å². The van der Waals surface area contributed by atoms with Gasteiger partial charge >= 0.3 is 0 Å². The lowest BCUT2D eigenvalue weighted by atomic mass is 10.0. The normalized spacial score (nSPS) is 12.7. The lowest BCUT2D eigenvalue weighted by Gasteiger charge is -2.10. The van der Waals surface area contributed by atoms with Gasteiger partial charge in [-0.1, -0.05) is 24.3 Å². The second-order valence-electron chi connectivity index (χ2n) is 3.25. The van der Waals surface area contributed by atoms with Crippen LogP contribution < -0.4 is 5.73 Å². The maximum Gasteiger partial charge on any atom is 0.0553 e. The summed E-state index contributed by atoms with van der Waals surface area (Å²) in [5, 5.41) is 0. The van der Waals surface area contributed by atoms with Crippen LogP contribution in [0.4, 0.5) is 0 Å². The third-order valence-electron chi connectivity index (χ3n) is 2.15. The Labute approximate surface area is 87.6 Å². The minimum atomic E-state index is 0.0632. The summed E-state index contributed by atoms with van der Waals surface area (Å²) in [6.07, 6.45) is 1.82. The summed E-state index contributed by atoms with van der Waals surface area (Å²) in [5.41, 5.74) is 8.28. The summed E-state index contributed by atoms with van der Waals surface area (Å²) in [6, 6.07) is 10.3. The van der Waals surface area contributed by atoms with E-state index in [0.29, 0.717) is 0 Å². The van der Waals surface area contributed by atoms with Gasteiger partial charge in [-0.25, -0.2) is 4.37 Å². The molecule has 1 aromatic carbocycles. The van der Waals surface area contributed by atoms with Gasteiger partial charge in [0.05, 0.1) is 4.88 Å². The maximum atomic E-state index is 5.90. The van der Waals surface area contributed by atoms with Crippen molar-refractivity contribution in [3.05, 3.63) is 42.1 Å². The third kappa shape index (κ3) is 1.69. The summed E-state index contributed by atoms with van der Waals surface area (Å²) in [6.45, 7) is 2.00. The summed E-state index contributed by atoms with van der Waals surface area (Å²) < 4.78 is 4.10. The minimum Gasteiger partial charge on any atom is -0.324 e. The van der Waals surface area contributed by atoms with E-state index < -0.39 is 0 Å². The third-order valence-corrected chi connectivity index (χ3v) is 2.93. The van der Waals surface area contributed by atoms with Crippen molar-refractivity contribution in [3.8, 4) is 10.4 Å². The smallest absolute Gasteiger partial charge is 0.0553 e. The van der Waals surface area contributed by atoms with E-state index in [-0.39, 0.29) is 6.04 Å². The van der Waals surface area contributed by atoms with E-state index >= 15 is 0 Å². The maximum absolute atomic E-state index is 5.90. The first-order chi connectivity index (χ1) is 6.79. The molecule has 3 heteroatoms. The molecule has 2 rings (SSSR count). The van der Waals surface area contributed by atoms with Gasteiger partial charge in [-0.2, -0.15) is 0 Å². The van der Waals surface area contributed by atoms with Crippen LogP contribution in [0.1, 0.15) is 18.5 Å². The van der Waals surface area contributed by atoms with Gasteiger partial charge in [-0.15, -0.1) is 0 Å². The van der Waals surface area contributed by atoms with Crippen molar-refractivity contribution in [2.75, 3.05) is 0 Å². The summed E-state index contributed by atoms with van der Waals surface area (Å²) in [5.74, 6) is 0. The Hall–Kier alpha value is -1.19. The summed E-state index contributed by atoms with van der Waals surface area (Å²) >= 11 is 1.50. The summed E-state index contributed by atoms with van der Waals surface area (Å²) in [7, 11) is 0. The topological polar surface area (TPSA) is 38.9 Å². The van der Waals surface area contributed by atoms with Gasteiger partial charge in [0.15, 0.2) is 0 Å². The zero-order chi connectivity index (χ0) is 9.97. The number of nitrogens with two attached hydrogens (primary N) is 1. The average molecular weight is 204 g/mol. The second-order valence-corrected chi connectivity index (χ2v) is 4.09. The highest BCUT2D eigenvalue weighted by atomic mass is 32.1. The van der Waals surface area contributed by atoms with Crippen LogP contribution in [0.2, 0.25) is 0 Å². The lowest BCUT2D eigenvalue weighted by Crippen LogP contribution is -2.05. The van der Waals surface area contributed by atoms with E-state index in [1.807, 2.05) is 31.3 Å². The molecule has 0 spiro atoms. The molecule has 0 radical (unpaired) electrons. The standard InChI is InChI=1S/C11H12N2S/c1-8(12)9-4-2-3-5-10(9)11-6-7-13-14-11/h2-8H,12H2,1H3. The van der Waals surface area contributed by atoms with Crippen LogP contribution in [0.25, 0.3) is 10.4 Å². The Morgan fingerprint density at radius 2 is 2.07 bits per heavy atom. The minimum absolute atomic E-state index is 0.0632. The molecule has 0 aliphatic heterocycles. The summed E-state index contributed by atoms with van der Waals surface area (Å²) in [4.78, 5) is 1.18. The first-order valence-corrected chi connectivity index (χ1v) is 5.32. The lowest BCUT2D eigenvalue weighted by molar-refractivity contribution is 0.821. The average Bonchev–Trinajstić information content (AvgIpc) is 2.70. The molecule has 1 unspecified atom stereocenters. The van der Waals surface area contributed by atoms with Crippen molar-refractivity contribution in [1.82, 2.24) is 4.37 Å².